The number of carbonyl (C=O) groups excluding carboxylic acids is 1. The molecule has 1 aromatic rings. The molecule has 0 saturated carbocycles. The fraction of sp³-hybridized carbons (Fsp3) is 0.333. The van der Waals surface area contributed by atoms with E-state index in [1.165, 1.54) is 19.2 Å². The molecule has 0 radical (unpaired) electrons. The molecule has 0 atom stereocenters. The number of hydrogen-bond acceptors (Lipinski definition) is 4. The molecule has 0 bridgehead atoms. The number of hydrogen-bond donors (Lipinski definition) is 2. The Morgan fingerprint density at radius 2 is 2.11 bits per heavy atom. The van der Waals surface area contributed by atoms with Gasteiger partial charge in [0, 0.05) is 11.0 Å². The van der Waals surface area contributed by atoms with Gasteiger partial charge >= 0.3 is 11.9 Å². The van der Waals surface area contributed by atoms with E-state index in [4.69, 9.17) is 5.11 Å². The highest BCUT2D eigenvalue weighted by atomic mass is 79.9. The highest BCUT2D eigenvalue weighted by Gasteiger charge is 2.18. The summed E-state index contributed by atoms with van der Waals surface area (Å²) in [7, 11) is 1.26. The molecule has 0 aliphatic carbocycles. The van der Waals surface area contributed by atoms with Crippen molar-refractivity contribution in [3.05, 3.63) is 27.7 Å². The summed E-state index contributed by atoms with van der Waals surface area (Å²) in [4.78, 5) is 22.6. The molecule has 0 amide bonds. The number of anilines is 1. The number of aromatic carboxylic acids is 1. The van der Waals surface area contributed by atoms with Crippen molar-refractivity contribution in [3.8, 4) is 0 Å². The second kappa shape index (κ2) is 6.39. The average Bonchev–Trinajstić information content (AvgIpc) is 2.35. The minimum atomic E-state index is -1.09. The summed E-state index contributed by atoms with van der Waals surface area (Å²) in [6.45, 7) is 2.67. The number of benzene rings is 1. The smallest absolute Gasteiger partial charge is 0.340 e. The Morgan fingerprint density at radius 3 is 2.61 bits per heavy atom. The van der Waals surface area contributed by atoms with Gasteiger partial charge in [-0.1, -0.05) is 6.92 Å². The molecule has 6 heteroatoms. The largest absolute Gasteiger partial charge is 0.478 e. The molecule has 0 unspecified atom stereocenters. The molecule has 0 saturated heterocycles. The van der Waals surface area contributed by atoms with E-state index in [0.717, 1.165) is 6.42 Å². The number of methoxy groups -OCH3 is 1. The van der Waals surface area contributed by atoms with Gasteiger partial charge in [0.15, 0.2) is 0 Å². The number of carboxylic acid groups (broad SMARTS) is 1. The number of nitrogens with one attached hydrogen (secondary N) is 1. The zero-order valence-electron chi connectivity index (χ0n) is 10.1. The van der Waals surface area contributed by atoms with Crippen molar-refractivity contribution < 1.29 is 19.4 Å². The van der Waals surface area contributed by atoms with Crippen LogP contribution in [-0.4, -0.2) is 30.7 Å². The molecule has 1 aromatic carbocycles. The van der Waals surface area contributed by atoms with Crippen molar-refractivity contribution in [3.63, 3.8) is 0 Å². The number of ether oxygens (including phenoxy) is 1. The molecule has 0 fully saturated rings. The lowest BCUT2D eigenvalue weighted by atomic mass is 10.1. The van der Waals surface area contributed by atoms with E-state index < -0.39 is 11.9 Å². The van der Waals surface area contributed by atoms with Gasteiger partial charge < -0.3 is 15.2 Å². The fourth-order valence-electron chi connectivity index (χ4n) is 1.43. The zero-order valence-corrected chi connectivity index (χ0v) is 11.7. The van der Waals surface area contributed by atoms with Crippen LogP contribution in [0.5, 0.6) is 0 Å². The van der Waals surface area contributed by atoms with Crippen LogP contribution in [0, 0.1) is 0 Å². The van der Waals surface area contributed by atoms with Crippen LogP contribution in [0.25, 0.3) is 0 Å². The molecule has 0 aliphatic heterocycles. The third kappa shape index (κ3) is 3.22. The third-order valence-corrected chi connectivity index (χ3v) is 2.92. The summed E-state index contributed by atoms with van der Waals surface area (Å²) in [5.41, 5.74) is 0.788. The molecule has 0 spiro atoms. The van der Waals surface area contributed by atoms with Crippen molar-refractivity contribution in [1.29, 1.82) is 0 Å². The topological polar surface area (TPSA) is 75.6 Å². The highest BCUT2D eigenvalue weighted by Crippen LogP contribution is 2.29. The van der Waals surface area contributed by atoms with E-state index in [-0.39, 0.29) is 11.1 Å². The molecule has 5 nitrogen and oxygen atoms in total. The first-order chi connectivity index (χ1) is 8.51. The average molecular weight is 316 g/mol. The molecular formula is C12H14BrNO4. The molecule has 0 aliphatic rings. The van der Waals surface area contributed by atoms with Gasteiger partial charge in [0.05, 0.1) is 23.9 Å². The Hall–Kier alpha value is -1.56. The summed E-state index contributed by atoms with van der Waals surface area (Å²) < 4.78 is 5.18. The van der Waals surface area contributed by atoms with E-state index in [2.05, 4.69) is 26.0 Å². The standard InChI is InChI=1S/C12H14BrNO4/c1-3-4-14-10-8(12(17)18-2)5-7(11(15)16)6-9(10)13/h5-6,14H,3-4H2,1-2H3,(H,15,16). The Morgan fingerprint density at radius 1 is 1.44 bits per heavy atom. The lowest BCUT2D eigenvalue weighted by Gasteiger charge is -2.13. The zero-order chi connectivity index (χ0) is 13.7. The Labute approximate surface area is 113 Å². The maximum Gasteiger partial charge on any atom is 0.340 e. The molecule has 0 aromatic heterocycles. The van der Waals surface area contributed by atoms with Crippen LogP contribution in [-0.2, 0) is 4.74 Å². The fourth-order valence-corrected chi connectivity index (χ4v) is 2.03. The highest BCUT2D eigenvalue weighted by molar-refractivity contribution is 9.10. The van der Waals surface area contributed by atoms with Crippen LogP contribution < -0.4 is 5.32 Å². The molecule has 0 heterocycles. The maximum atomic E-state index is 11.6. The first-order valence-electron chi connectivity index (χ1n) is 5.40. The van der Waals surface area contributed by atoms with Crippen LogP contribution in [0.15, 0.2) is 16.6 Å². The molecule has 1 rings (SSSR count). The number of carbonyl (C=O) groups is 2. The van der Waals surface area contributed by atoms with Crippen LogP contribution in [0.4, 0.5) is 5.69 Å². The normalized spacial score (nSPS) is 9.94. The predicted molar refractivity (Wildman–Crippen MR) is 71.2 cm³/mol. The minimum absolute atomic E-state index is 0.0318. The van der Waals surface area contributed by atoms with Gasteiger partial charge in [-0.05, 0) is 34.5 Å². The minimum Gasteiger partial charge on any atom is -0.478 e. The predicted octanol–water partition coefficient (Wildman–Crippen LogP) is 2.76. The Kier molecular flexibility index (Phi) is 5.15. The van der Waals surface area contributed by atoms with E-state index >= 15 is 0 Å². The van der Waals surface area contributed by atoms with E-state index in [0.29, 0.717) is 16.7 Å². The second-order valence-electron chi connectivity index (χ2n) is 3.60. The van der Waals surface area contributed by atoms with E-state index in [9.17, 15) is 9.59 Å². The number of halogens is 1. The second-order valence-corrected chi connectivity index (χ2v) is 4.46. The summed E-state index contributed by atoms with van der Waals surface area (Å²) in [5, 5.41) is 12.0. The van der Waals surface area contributed by atoms with Crippen LogP contribution in [0.1, 0.15) is 34.1 Å². The Balaban J connectivity index is 3.30. The summed E-state index contributed by atoms with van der Waals surface area (Å²) >= 11 is 3.26. The van der Waals surface area contributed by atoms with Gasteiger partial charge in [-0.25, -0.2) is 9.59 Å². The maximum absolute atomic E-state index is 11.6. The molecular weight excluding hydrogens is 302 g/mol. The van der Waals surface area contributed by atoms with E-state index in [1.807, 2.05) is 6.92 Å². The van der Waals surface area contributed by atoms with Crippen molar-refractivity contribution in [2.24, 2.45) is 0 Å². The molecule has 98 valence electrons. The SMILES string of the molecule is CCCNc1c(Br)cc(C(=O)O)cc1C(=O)OC. The monoisotopic (exact) mass is 315 g/mol. The first-order valence-corrected chi connectivity index (χ1v) is 6.19. The van der Waals surface area contributed by atoms with Gasteiger partial charge in [-0.15, -0.1) is 0 Å². The van der Waals surface area contributed by atoms with Gasteiger partial charge in [-0.3, -0.25) is 0 Å². The van der Waals surface area contributed by atoms with Crippen molar-refractivity contribution in [1.82, 2.24) is 0 Å². The summed E-state index contributed by atoms with van der Waals surface area (Å²) in [6, 6.07) is 2.75. The lowest BCUT2D eigenvalue weighted by molar-refractivity contribution is 0.0601. The van der Waals surface area contributed by atoms with Gasteiger partial charge in [-0.2, -0.15) is 0 Å². The third-order valence-electron chi connectivity index (χ3n) is 2.29. The number of carboxylic acids is 1. The Bertz CT molecular complexity index is 473. The van der Waals surface area contributed by atoms with Crippen LogP contribution >= 0.6 is 15.9 Å². The van der Waals surface area contributed by atoms with Gasteiger partial charge in [0.2, 0.25) is 0 Å². The van der Waals surface area contributed by atoms with Gasteiger partial charge in [0.1, 0.15) is 0 Å². The lowest BCUT2D eigenvalue weighted by Crippen LogP contribution is -2.11. The first kappa shape index (κ1) is 14.5. The summed E-state index contributed by atoms with van der Waals surface area (Å²) in [6.07, 6.45) is 0.883. The van der Waals surface area contributed by atoms with Crippen LogP contribution in [0.3, 0.4) is 0 Å². The molecule has 18 heavy (non-hydrogen) atoms. The number of esters is 1. The number of rotatable bonds is 5. The van der Waals surface area contributed by atoms with Crippen molar-refractivity contribution in [2.45, 2.75) is 13.3 Å². The van der Waals surface area contributed by atoms with Crippen molar-refractivity contribution >= 4 is 33.6 Å². The van der Waals surface area contributed by atoms with E-state index in [1.54, 1.807) is 0 Å². The quantitative estimate of drug-likeness (QED) is 0.817. The van der Waals surface area contributed by atoms with Crippen LogP contribution in [0.2, 0.25) is 0 Å². The van der Waals surface area contributed by atoms with Crippen molar-refractivity contribution in [2.75, 3.05) is 19.0 Å². The summed E-state index contributed by atoms with van der Waals surface area (Å²) in [5.74, 6) is -1.67. The van der Waals surface area contributed by atoms with Gasteiger partial charge in [0.25, 0.3) is 0 Å². The molecule has 2 N–H and O–H groups in total.